The van der Waals surface area contributed by atoms with Gasteiger partial charge in [0.05, 0.1) is 29.3 Å². The number of nitrogens with one attached hydrogen (secondary N) is 2. The van der Waals surface area contributed by atoms with Gasteiger partial charge in [-0.1, -0.05) is 0 Å². The fraction of sp³-hybridized carbons (Fsp3) is 0.0769. The van der Waals surface area contributed by atoms with E-state index in [0.717, 1.165) is 5.56 Å². The molecule has 7 heteroatoms. The Labute approximate surface area is 114 Å². The van der Waals surface area contributed by atoms with Crippen LogP contribution in [0.1, 0.15) is 15.9 Å². The molecule has 0 saturated heterocycles. The van der Waals surface area contributed by atoms with Gasteiger partial charge in [0, 0.05) is 12.4 Å². The van der Waals surface area contributed by atoms with Crippen LogP contribution in [0.3, 0.4) is 0 Å². The zero-order chi connectivity index (χ0) is 14.5. The summed E-state index contributed by atoms with van der Waals surface area (Å²) in [5.74, 6) is -1.11. The first-order valence-electron chi connectivity index (χ1n) is 5.73. The zero-order valence-corrected chi connectivity index (χ0v) is 10.6. The zero-order valence-electron chi connectivity index (χ0n) is 10.6. The number of aryl methyl sites for hydroxylation is 1. The molecule has 0 aliphatic carbocycles. The van der Waals surface area contributed by atoms with Gasteiger partial charge in [-0.3, -0.25) is 9.97 Å². The van der Waals surface area contributed by atoms with E-state index in [-0.39, 0.29) is 5.56 Å². The van der Waals surface area contributed by atoms with Crippen LogP contribution >= 0.6 is 0 Å². The first-order valence-corrected chi connectivity index (χ1v) is 5.73. The number of hydrogen-bond acceptors (Lipinski definition) is 4. The summed E-state index contributed by atoms with van der Waals surface area (Å²) < 4.78 is 0. The van der Waals surface area contributed by atoms with Gasteiger partial charge >= 0.3 is 12.0 Å². The van der Waals surface area contributed by atoms with Crippen LogP contribution in [0, 0.1) is 6.92 Å². The molecule has 0 spiro atoms. The SMILES string of the molecule is Cc1ccncc1NC(=O)Nc1cncc(C(=O)O)c1. The molecule has 0 aromatic carbocycles. The molecule has 2 aromatic rings. The summed E-state index contributed by atoms with van der Waals surface area (Å²) in [4.78, 5) is 30.2. The lowest BCUT2D eigenvalue weighted by Gasteiger charge is -2.09. The number of carbonyl (C=O) groups excluding carboxylic acids is 1. The van der Waals surface area contributed by atoms with Crippen LogP contribution in [-0.4, -0.2) is 27.1 Å². The van der Waals surface area contributed by atoms with Crippen molar-refractivity contribution < 1.29 is 14.7 Å². The number of hydrogen-bond donors (Lipinski definition) is 3. The van der Waals surface area contributed by atoms with E-state index in [9.17, 15) is 9.59 Å². The lowest BCUT2D eigenvalue weighted by atomic mass is 10.2. The molecule has 7 nitrogen and oxygen atoms in total. The Kier molecular flexibility index (Phi) is 3.90. The number of carboxylic acids is 1. The Bertz CT molecular complexity index is 658. The summed E-state index contributed by atoms with van der Waals surface area (Å²) in [6, 6.07) is 2.60. The molecule has 0 radical (unpaired) electrons. The highest BCUT2D eigenvalue weighted by Gasteiger charge is 2.08. The third kappa shape index (κ3) is 3.29. The van der Waals surface area contributed by atoms with Crippen LogP contribution in [0.15, 0.2) is 36.9 Å². The van der Waals surface area contributed by atoms with Crippen LogP contribution in [0.5, 0.6) is 0 Å². The largest absolute Gasteiger partial charge is 0.478 e. The molecule has 0 aliphatic heterocycles. The van der Waals surface area contributed by atoms with Crippen LogP contribution < -0.4 is 10.6 Å². The Morgan fingerprint density at radius 2 is 1.95 bits per heavy atom. The quantitative estimate of drug-likeness (QED) is 0.793. The van der Waals surface area contributed by atoms with Gasteiger partial charge in [0.2, 0.25) is 0 Å². The van der Waals surface area contributed by atoms with Crippen molar-refractivity contribution in [2.24, 2.45) is 0 Å². The van der Waals surface area contributed by atoms with Crippen molar-refractivity contribution in [2.45, 2.75) is 6.92 Å². The maximum atomic E-state index is 11.8. The predicted molar refractivity (Wildman–Crippen MR) is 72.8 cm³/mol. The van der Waals surface area contributed by atoms with Gasteiger partial charge < -0.3 is 15.7 Å². The molecule has 2 rings (SSSR count). The lowest BCUT2D eigenvalue weighted by Crippen LogP contribution is -2.20. The number of aromatic carboxylic acids is 1. The monoisotopic (exact) mass is 272 g/mol. The second-order valence-corrected chi connectivity index (χ2v) is 4.04. The van der Waals surface area contributed by atoms with Crippen LogP contribution in [0.2, 0.25) is 0 Å². The second kappa shape index (κ2) is 5.79. The number of urea groups is 1. The summed E-state index contributed by atoms with van der Waals surface area (Å²) >= 11 is 0. The van der Waals surface area contributed by atoms with Crippen molar-refractivity contribution in [1.82, 2.24) is 9.97 Å². The standard InChI is InChI=1S/C13H12N4O3/c1-8-2-3-14-7-11(8)17-13(20)16-10-4-9(12(18)19)5-15-6-10/h2-7H,1H3,(H,18,19)(H2,16,17,20). The number of carboxylic acid groups (broad SMARTS) is 1. The van der Waals surface area contributed by atoms with Gasteiger partial charge in [-0.05, 0) is 24.6 Å². The molecule has 2 aromatic heterocycles. The van der Waals surface area contributed by atoms with Gasteiger partial charge in [0.25, 0.3) is 0 Å². The molecule has 2 heterocycles. The summed E-state index contributed by atoms with van der Waals surface area (Å²) in [6.07, 6.45) is 5.72. The molecule has 2 amide bonds. The Morgan fingerprint density at radius 3 is 2.65 bits per heavy atom. The average molecular weight is 272 g/mol. The number of rotatable bonds is 3. The Morgan fingerprint density at radius 1 is 1.15 bits per heavy atom. The van der Waals surface area contributed by atoms with Gasteiger partial charge in [-0.25, -0.2) is 9.59 Å². The highest BCUT2D eigenvalue weighted by molar-refractivity contribution is 6.00. The molecular formula is C13H12N4O3. The lowest BCUT2D eigenvalue weighted by molar-refractivity contribution is 0.0696. The molecule has 0 fully saturated rings. The number of aromatic nitrogens is 2. The van der Waals surface area contributed by atoms with E-state index < -0.39 is 12.0 Å². The van der Waals surface area contributed by atoms with Crippen molar-refractivity contribution in [2.75, 3.05) is 10.6 Å². The normalized spacial score (nSPS) is 9.85. The smallest absolute Gasteiger partial charge is 0.337 e. The van der Waals surface area contributed by atoms with Crippen molar-refractivity contribution >= 4 is 23.4 Å². The predicted octanol–water partition coefficient (Wildman–Crippen LogP) is 2.13. The third-order valence-corrected chi connectivity index (χ3v) is 2.53. The molecule has 3 N–H and O–H groups in total. The first kappa shape index (κ1) is 13.5. The van der Waals surface area contributed by atoms with Gasteiger partial charge in [0.1, 0.15) is 0 Å². The summed E-state index contributed by atoms with van der Waals surface area (Å²) in [5, 5.41) is 14.0. The van der Waals surface area contributed by atoms with Crippen molar-refractivity contribution in [3.63, 3.8) is 0 Å². The third-order valence-electron chi connectivity index (χ3n) is 2.53. The van der Waals surface area contributed by atoms with E-state index in [2.05, 4.69) is 20.6 Å². The van der Waals surface area contributed by atoms with Crippen molar-refractivity contribution in [3.05, 3.63) is 48.0 Å². The molecule has 20 heavy (non-hydrogen) atoms. The van der Waals surface area contributed by atoms with Crippen LogP contribution in [0.4, 0.5) is 16.2 Å². The van der Waals surface area contributed by atoms with E-state index in [4.69, 9.17) is 5.11 Å². The number of anilines is 2. The average Bonchev–Trinajstić information content (AvgIpc) is 2.41. The highest BCUT2D eigenvalue weighted by Crippen LogP contribution is 2.13. The van der Waals surface area contributed by atoms with Crippen LogP contribution in [-0.2, 0) is 0 Å². The minimum atomic E-state index is -1.11. The van der Waals surface area contributed by atoms with Gasteiger partial charge in [-0.15, -0.1) is 0 Å². The number of nitrogens with zero attached hydrogens (tertiary/aromatic N) is 2. The fourth-order valence-electron chi connectivity index (χ4n) is 1.50. The number of amides is 2. The summed E-state index contributed by atoms with van der Waals surface area (Å²) in [5.41, 5.74) is 1.74. The highest BCUT2D eigenvalue weighted by atomic mass is 16.4. The summed E-state index contributed by atoms with van der Waals surface area (Å²) in [7, 11) is 0. The second-order valence-electron chi connectivity index (χ2n) is 4.04. The Hall–Kier alpha value is -2.96. The van der Waals surface area contributed by atoms with Gasteiger partial charge in [-0.2, -0.15) is 0 Å². The minimum Gasteiger partial charge on any atom is -0.478 e. The first-order chi connectivity index (χ1) is 9.56. The summed E-state index contributed by atoms with van der Waals surface area (Å²) in [6.45, 7) is 1.84. The van der Waals surface area contributed by atoms with Crippen molar-refractivity contribution in [3.8, 4) is 0 Å². The fourth-order valence-corrected chi connectivity index (χ4v) is 1.50. The maximum absolute atomic E-state index is 11.8. The van der Waals surface area contributed by atoms with E-state index in [0.29, 0.717) is 11.4 Å². The minimum absolute atomic E-state index is 0.000332. The van der Waals surface area contributed by atoms with Gasteiger partial charge in [0.15, 0.2) is 0 Å². The molecule has 0 atom stereocenters. The van der Waals surface area contributed by atoms with Crippen molar-refractivity contribution in [1.29, 1.82) is 0 Å². The van der Waals surface area contributed by atoms with E-state index >= 15 is 0 Å². The van der Waals surface area contributed by atoms with E-state index in [1.165, 1.54) is 24.7 Å². The van der Waals surface area contributed by atoms with E-state index in [1.54, 1.807) is 12.3 Å². The molecular weight excluding hydrogens is 260 g/mol. The molecule has 0 saturated carbocycles. The Balaban J connectivity index is 2.07. The maximum Gasteiger partial charge on any atom is 0.337 e. The van der Waals surface area contributed by atoms with Crippen LogP contribution in [0.25, 0.3) is 0 Å². The number of pyridine rings is 2. The number of carbonyl (C=O) groups is 2. The molecule has 102 valence electrons. The topological polar surface area (TPSA) is 104 Å². The molecule has 0 unspecified atom stereocenters. The molecule has 0 aliphatic rings. The van der Waals surface area contributed by atoms with E-state index in [1.807, 2.05) is 6.92 Å². The molecule has 0 bridgehead atoms.